The zero-order valence-electron chi connectivity index (χ0n) is 6.76. The molecule has 0 saturated heterocycles. The van der Waals surface area contributed by atoms with Crippen LogP contribution in [0.25, 0.3) is 0 Å². The molecule has 79 valence electrons. The molecule has 0 aliphatic carbocycles. The van der Waals surface area contributed by atoms with Gasteiger partial charge in [-0.2, -0.15) is 0 Å². The van der Waals surface area contributed by atoms with Crippen molar-refractivity contribution in [2.45, 2.75) is 0 Å². The molecule has 0 aliphatic rings. The fourth-order valence-corrected chi connectivity index (χ4v) is 0.558. The van der Waals surface area contributed by atoms with E-state index in [4.69, 9.17) is 0 Å². The van der Waals surface area contributed by atoms with Crippen LogP contribution in [0.3, 0.4) is 0 Å². The van der Waals surface area contributed by atoms with Gasteiger partial charge < -0.3 is 30.4 Å². The summed E-state index contributed by atoms with van der Waals surface area (Å²) in [6.07, 6.45) is 0. The van der Waals surface area contributed by atoms with Gasteiger partial charge in [0.1, 0.15) is 0 Å². The molecule has 0 amide bonds. The average molecular weight is 238 g/mol. The molecule has 13 heavy (non-hydrogen) atoms. The summed E-state index contributed by atoms with van der Waals surface area (Å²) in [5.41, 5.74) is 0. The summed E-state index contributed by atoms with van der Waals surface area (Å²) in [5, 5.41) is 24.7. The van der Waals surface area contributed by atoms with Gasteiger partial charge in [-0.3, -0.25) is 0 Å². The van der Waals surface area contributed by atoms with Gasteiger partial charge in [-0.1, -0.05) is 0 Å². The number of carboxylic acids is 2. The van der Waals surface area contributed by atoms with Crippen molar-refractivity contribution < 1.29 is 36.9 Å². The van der Waals surface area contributed by atoms with Crippen LogP contribution in [0.1, 0.15) is 0 Å². The standard InChI is InChI=1S/C6H12N2O4.Cu/c9-5(10)3-7-1-2-8-4-6(11)12;/h7-8H,1-4H2,(H,9,10)(H,11,12);/q;+2/p-2. The summed E-state index contributed by atoms with van der Waals surface area (Å²) in [5.74, 6) is -2.37. The Morgan fingerprint density at radius 2 is 1.23 bits per heavy atom. The molecule has 0 fully saturated rings. The molecule has 1 radical (unpaired) electrons. The number of carbonyl (C=O) groups is 2. The quantitative estimate of drug-likeness (QED) is 0.343. The molecule has 0 aromatic carbocycles. The SMILES string of the molecule is O=C([O-])CNCCNCC(=O)[O-].[Cu+2]. The zero-order valence-corrected chi connectivity index (χ0v) is 7.70. The van der Waals surface area contributed by atoms with Crippen LogP contribution in [-0.4, -0.2) is 38.1 Å². The minimum atomic E-state index is -1.19. The smallest absolute Gasteiger partial charge is 0.549 e. The van der Waals surface area contributed by atoms with E-state index >= 15 is 0 Å². The first-order valence-corrected chi connectivity index (χ1v) is 3.44. The Morgan fingerprint density at radius 3 is 1.46 bits per heavy atom. The number of nitrogens with one attached hydrogen (secondary N) is 2. The Labute approximate surface area is 86.2 Å². The van der Waals surface area contributed by atoms with E-state index < -0.39 is 11.9 Å². The fourth-order valence-electron chi connectivity index (χ4n) is 0.558. The van der Waals surface area contributed by atoms with Gasteiger partial charge in [0.15, 0.2) is 0 Å². The maximum Gasteiger partial charge on any atom is 2.00 e. The van der Waals surface area contributed by atoms with Crippen molar-refractivity contribution in [2.24, 2.45) is 0 Å². The molecule has 0 spiro atoms. The van der Waals surface area contributed by atoms with Crippen molar-refractivity contribution >= 4 is 11.9 Å². The van der Waals surface area contributed by atoms with E-state index in [0.717, 1.165) is 0 Å². The molecule has 2 N–H and O–H groups in total. The first-order valence-electron chi connectivity index (χ1n) is 3.44. The van der Waals surface area contributed by atoms with Crippen LogP contribution in [0.2, 0.25) is 0 Å². The molecule has 0 bridgehead atoms. The molecule has 0 heterocycles. The summed E-state index contributed by atoms with van der Waals surface area (Å²) in [4.78, 5) is 19.7. The van der Waals surface area contributed by atoms with Crippen molar-refractivity contribution in [3.63, 3.8) is 0 Å². The number of hydrogen-bond acceptors (Lipinski definition) is 6. The largest absolute Gasteiger partial charge is 2.00 e. The van der Waals surface area contributed by atoms with E-state index in [2.05, 4.69) is 10.6 Å². The molecule has 0 atom stereocenters. The van der Waals surface area contributed by atoms with Gasteiger partial charge in [-0.15, -0.1) is 0 Å². The van der Waals surface area contributed by atoms with Crippen molar-refractivity contribution in [1.82, 2.24) is 10.6 Å². The second kappa shape index (κ2) is 9.47. The zero-order chi connectivity index (χ0) is 9.40. The van der Waals surface area contributed by atoms with Crippen LogP contribution in [0, 0.1) is 0 Å². The molecule has 0 saturated carbocycles. The number of aliphatic carboxylic acids is 2. The fraction of sp³-hybridized carbons (Fsp3) is 0.667. The third-order valence-electron chi connectivity index (χ3n) is 1.02. The van der Waals surface area contributed by atoms with Crippen molar-refractivity contribution in [3.8, 4) is 0 Å². The maximum absolute atomic E-state index is 9.84. The van der Waals surface area contributed by atoms with E-state index in [0.29, 0.717) is 13.1 Å². The third kappa shape index (κ3) is 14.3. The molecule has 0 rings (SSSR count). The van der Waals surface area contributed by atoms with Crippen molar-refractivity contribution in [2.75, 3.05) is 26.2 Å². The van der Waals surface area contributed by atoms with Crippen LogP contribution in [0.5, 0.6) is 0 Å². The first-order chi connectivity index (χ1) is 5.63. The summed E-state index contributed by atoms with van der Waals surface area (Å²) >= 11 is 0. The number of rotatable bonds is 7. The Balaban J connectivity index is 0. The molecule has 0 aromatic heterocycles. The van der Waals surface area contributed by atoms with E-state index in [1.165, 1.54) is 0 Å². The predicted molar refractivity (Wildman–Crippen MR) is 35.8 cm³/mol. The van der Waals surface area contributed by atoms with E-state index in [1.54, 1.807) is 0 Å². The third-order valence-corrected chi connectivity index (χ3v) is 1.02. The maximum atomic E-state index is 9.84. The van der Waals surface area contributed by atoms with Gasteiger partial charge in [0, 0.05) is 26.2 Å². The average Bonchev–Trinajstić information content (AvgIpc) is 1.95. The van der Waals surface area contributed by atoms with Gasteiger partial charge in [0.2, 0.25) is 0 Å². The van der Waals surface area contributed by atoms with Crippen molar-refractivity contribution in [3.05, 3.63) is 0 Å². The van der Waals surface area contributed by atoms with Crippen LogP contribution in [-0.2, 0) is 26.7 Å². The van der Waals surface area contributed by atoms with Gasteiger partial charge in [0.05, 0.1) is 11.9 Å². The molecule has 7 heteroatoms. The Morgan fingerprint density at radius 1 is 0.923 bits per heavy atom. The summed E-state index contributed by atoms with van der Waals surface area (Å²) in [6, 6.07) is 0. The summed E-state index contributed by atoms with van der Waals surface area (Å²) in [7, 11) is 0. The molecule has 0 unspecified atom stereocenters. The van der Waals surface area contributed by atoms with Gasteiger partial charge in [0.25, 0.3) is 0 Å². The van der Waals surface area contributed by atoms with Crippen LogP contribution in [0.15, 0.2) is 0 Å². The second-order valence-corrected chi connectivity index (χ2v) is 2.10. The normalized spacial score (nSPS) is 8.92. The van der Waals surface area contributed by atoms with E-state index in [1.807, 2.05) is 0 Å². The van der Waals surface area contributed by atoms with E-state index in [9.17, 15) is 19.8 Å². The summed E-state index contributed by atoms with van der Waals surface area (Å²) in [6.45, 7) is 0.294. The minimum absolute atomic E-state index is 0. The first kappa shape index (κ1) is 14.9. The van der Waals surface area contributed by atoms with Crippen LogP contribution < -0.4 is 20.8 Å². The number of hydrogen-bond donors (Lipinski definition) is 2. The van der Waals surface area contributed by atoms with Gasteiger partial charge >= 0.3 is 17.1 Å². The predicted octanol–water partition coefficient (Wildman–Crippen LogP) is -4.34. The molecular formula is C6H10CuN2O4. The van der Waals surface area contributed by atoms with Crippen LogP contribution >= 0.6 is 0 Å². The number of carbonyl (C=O) groups excluding carboxylic acids is 2. The molecule has 0 aliphatic heterocycles. The molecule has 0 aromatic rings. The van der Waals surface area contributed by atoms with Gasteiger partial charge in [-0.05, 0) is 0 Å². The minimum Gasteiger partial charge on any atom is -0.549 e. The molecular weight excluding hydrogens is 228 g/mol. The monoisotopic (exact) mass is 237 g/mol. The van der Waals surface area contributed by atoms with E-state index in [-0.39, 0.29) is 30.2 Å². The topological polar surface area (TPSA) is 104 Å². The molecule has 6 nitrogen and oxygen atoms in total. The van der Waals surface area contributed by atoms with Gasteiger partial charge in [-0.25, -0.2) is 0 Å². The Kier molecular flexibility index (Phi) is 10.8. The second-order valence-electron chi connectivity index (χ2n) is 2.10. The van der Waals surface area contributed by atoms with Crippen molar-refractivity contribution in [1.29, 1.82) is 0 Å². The van der Waals surface area contributed by atoms with Crippen LogP contribution in [0.4, 0.5) is 0 Å². The number of carboxylic acid groups (broad SMARTS) is 2. The summed E-state index contributed by atoms with van der Waals surface area (Å²) < 4.78 is 0. The Hall–Kier alpha value is -0.621. The Bertz CT molecular complexity index is 147.